The average molecular weight is 317 g/mol. The first-order valence-electron chi connectivity index (χ1n) is 6.36. The molecule has 22 heavy (non-hydrogen) atoms. The van der Waals surface area contributed by atoms with Crippen LogP contribution in [0.1, 0.15) is 10.4 Å². The van der Waals surface area contributed by atoms with Gasteiger partial charge in [-0.15, -0.1) is 0 Å². The first kappa shape index (κ1) is 14.5. The SMILES string of the molecule is O=C(CN1C(=O)c2ccccc2S1([O-])[O-])Nc1cccnc1. The summed E-state index contributed by atoms with van der Waals surface area (Å²) in [5.41, 5.74) is 0.505. The van der Waals surface area contributed by atoms with Gasteiger partial charge in [0, 0.05) is 11.1 Å². The molecule has 0 fully saturated rings. The predicted octanol–water partition coefficient (Wildman–Crippen LogP) is 1.52. The quantitative estimate of drug-likeness (QED) is 0.923. The highest BCUT2D eigenvalue weighted by molar-refractivity contribution is 8.23. The van der Waals surface area contributed by atoms with Crippen molar-refractivity contribution < 1.29 is 18.7 Å². The van der Waals surface area contributed by atoms with Crippen LogP contribution in [0.15, 0.2) is 53.7 Å². The summed E-state index contributed by atoms with van der Waals surface area (Å²) in [6.45, 7) is -0.579. The van der Waals surface area contributed by atoms with Gasteiger partial charge in [-0.05, 0) is 24.3 Å². The smallest absolute Gasteiger partial charge is 0.269 e. The normalized spacial score (nSPS) is 17.0. The van der Waals surface area contributed by atoms with E-state index in [1.54, 1.807) is 24.4 Å². The summed E-state index contributed by atoms with van der Waals surface area (Å²) in [5, 5.41) is 2.49. The Morgan fingerprint density at radius 1 is 1.23 bits per heavy atom. The molecule has 2 aromatic rings. The summed E-state index contributed by atoms with van der Waals surface area (Å²) < 4.78 is 25.2. The highest BCUT2D eigenvalue weighted by Crippen LogP contribution is 2.57. The summed E-state index contributed by atoms with van der Waals surface area (Å²) in [7, 11) is -3.98. The zero-order valence-electron chi connectivity index (χ0n) is 11.3. The fourth-order valence-electron chi connectivity index (χ4n) is 2.15. The Bertz CT molecular complexity index is 736. The molecule has 3 rings (SSSR count). The monoisotopic (exact) mass is 317 g/mol. The van der Waals surface area contributed by atoms with Gasteiger partial charge in [0.15, 0.2) is 0 Å². The van der Waals surface area contributed by atoms with Crippen molar-refractivity contribution in [2.24, 2.45) is 0 Å². The van der Waals surface area contributed by atoms with Crippen LogP contribution in [0.25, 0.3) is 0 Å². The molecule has 1 aliphatic rings. The second kappa shape index (κ2) is 5.41. The van der Waals surface area contributed by atoms with Crippen molar-refractivity contribution in [1.29, 1.82) is 0 Å². The Hall–Kier alpha value is -2.42. The molecular formula is C14H11N3O4S-2. The minimum atomic E-state index is -3.98. The molecule has 0 bridgehead atoms. The van der Waals surface area contributed by atoms with Crippen molar-refractivity contribution in [3.05, 3.63) is 54.4 Å². The van der Waals surface area contributed by atoms with E-state index in [1.165, 1.54) is 24.4 Å². The fraction of sp³-hybridized carbons (Fsp3) is 0.0714. The van der Waals surface area contributed by atoms with Crippen molar-refractivity contribution in [2.75, 3.05) is 11.9 Å². The molecule has 114 valence electrons. The van der Waals surface area contributed by atoms with Gasteiger partial charge in [0.1, 0.15) is 6.54 Å². The summed E-state index contributed by atoms with van der Waals surface area (Å²) in [6.07, 6.45) is 2.97. The van der Waals surface area contributed by atoms with E-state index in [4.69, 9.17) is 0 Å². The Morgan fingerprint density at radius 3 is 2.68 bits per heavy atom. The van der Waals surface area contributed by atoms with Gasteiger partial charge in [0.2, 0.25) is 5.91 Å². The minimum Gasteiger partial charge on any atom is -0.779 e. The van der Waals surface area contributed by atoms with Crippen LogP contribution in [0.4, 0.5) is 5.69 Å². The number of nitrogens with one attached hydrogen (secondary N) is 1. The number of carbonyl (C=O) groups is 2. The number of anilines is 1. The highest BCUT2D eigenvalue weighted by atomic mass is 32.3. The predicted molar refractivity (Wildman–Crippen MR) is 77.8 cm³/mol. The number of nitrogens with zero attached hydrogens (tertiary/aromatic N) is 2. The van der Waals surface area contributed by atoms with Crippen LogP contribution in [0.2, 0.25) is 0 Å². The summed E-state index contributed by atoms with van der Waals surface area (Å²) in [5.74, 6) is -1.31. The number of carbonyl (C=O) groups excluding carboxylic acids is 2. The molecule has 0 unspecified atom stereocenters. The van der Waals surface area contributed by atoms with Crippen LogP contribution < -0.4 is 5.32 Å². The van der Waals surface area contributed by atoms with Gasteiger partial charge in [-0.3, -0.25) is 18.9 Å². The molecule has 0 saturated heterocycles. The van der Waals surface area contributed by atoms with E-state index in [2.05, 4.69) is 10.3 Å². The van der Waals surface area contributed by atoms with Gasteiger partial charge >= 0.3 is 0 Å². The first-order chi connectivity index (χ1) is 10.5. The number of fused-ring (bicyclic) bond motifs is 1. The van der Waals surface area contributed by atoms with Crippen LogP contribution in [0, 0.1) is 0 Å². The van der Waals surface area contributed by atoms with E-state index >= 15 is 0 Å². The number of aromatic nitrogens is 1. The van der Waals surface area contributed by atoms with Crippen molar-refractivity contribution in [1.82, 2.24) is 9.29 Å². The maximum atomic E-state index is 12.3. The lowest BCUT2D eigenvalue weighted by Crippen LogP contribution is -2.35. The summed E-state index contributed by atoms with van der Waals surface area (Å²) >= 11 is 0. The Morgan fingerprint density at radius 2 is 2.00 bits per heavy atom. The number of hydrogen-bond acceptors (Lipinski definition) is 5. The fourth-order valence-corrected chi connectivity index (χ4v) is 3.68. The third-order valence-corrected chi connectivity index (χ3v) is 4.93. The summed E-state index contributed by atoms with van der Waals surface area (Å²) in [6, 6.07) is 9.12. The number of hydrogen-bond donors (Lipinski definition) is 1. The van der Waals surface area contributed by atoms with Gasteiger partial charge in [-0.2, -0.15) is 0 Å². The molecular weight excluding hydrogens is 306 g/mol. The third-order valence-electron chi connectivity index (χ3n) is 3.14. The number of amides is 2. The van der Waals surface area contributed by atoms with Crippen LogP contribution in [0.5, 0.6) is 0 Å². The highest BCUT2D eigenvalue weighted by Gasteiger charge is 2.32. The van der Waals surface area contributed by atoms with Gasteiger partial charge in [-0.1, -0.05) is 12.1 Å². The Balaban J connectivity index is 1.79. The number of pyridine rings is 1. The van der Waals surface area contributed by atoms with Gasteiger partial charge in [0.25, 0.3) is 5.91 Å². The molecule has 1 aromatic carbocycles. The molecule has 0 aliphatic carbocycles. The van der Waals surface area contributed by atoms with Gasteiger partial charge < -0.3 is 25.2 Å². The molecule has 1 N–H and O–H groups in total. The van der Waals surface area contributed by atoms with Crippen molar-refractivity contribution in [2.45, 2.75) is 4.90 Å². The molecule has 0 atom stereocenters. The lowest BCUT2D eigenvalue weighted by atomic mass is 10.2. The molecule has 0 saturated carbocycles. The van der Waals surface area contributed by atoms with Crippen molar-refractivity contribution >= 4 is 28.3 Å². The molecule has 0 radical (unpaired) electrons. The molecule has 0 spiro atoms. The van der Waals surface area contributed by atoms with Crippen LogP contribution in [-0.2, 0) is 4.79 Å². The topological polar surface area (TPSA) is 108 Å². The van der Waals surface area contributed by atoms with Gasteiger partial charge in [-0.25, -0.2) is 0 Å². The van der Waals surface area contributed by atoms with E-state index in [9.17, 15) is 18.7 Å². The number of benzene rings is 1. The van der Waals surface area contributed by atoms with Crippen LogP contribution in [-0.4, -0.2) is 36.8 Å². The molecule has 2 heterocycles. The zero-order valence-corrected chi connectivity index (χ0v) is 12.1. The summed E-state index contributed by atoms with van der Waals surface area (Å²) in [4.78, 5) is 27.9. The first-order valence-corrected chi connectivity index (χ1v) is 7.80. The number of sulfonamides is 1. The minimum absolute atomic E-state index is 0.0748. The van der Waals surface area contributed by atoms with E-state index in [0.29, 0.717) is 9.99 Å². The maximum Gasteiger partial charge on any atom is 0.269 e. The van der Waals surface area contributed by atoms with Gasteiger partial charge in [0.05, 0.1) is 17.4 Å². The Kier molecular flexibility index (Phi) is 3.57. The maximum absolute atomic E-state index is 12.3. The van der Waals surface area contributed by atoms with E-state index in [1.807, 2.05) is 0 Å². The number of rotatable bonds is 3. The lowest BCUT2D eigenvalue weighted by molar-refractivity contribution is -0.116. The van der Waals surface area contributed by atoms with E-state index in [-0.39, 0.29) is 10.5 Å². The Labute approximate surface area is 128 Å². The third kappa shape index (κ3) is 2.43. The van der Waals surface area contributed by atoms with E-state index in [0.717, 1.165) is 0 Å². The second-order valence-corrected chi connectivity index (χ2v) is 6.43. The van der Waals surface area contributed by atoms with E-state index < -0.39 is 29.1 Å². The largest absolute Gasteiger partial charge is 0.779 e. The zero-order chi connectivity index (χ0) is 15.7. The molecule has 2 amide bonds. The van der Waals surface area contributed by atoms with Crippen molar-refractivity contribution in [3.63, 3.8) is 0 Å². The second-order valence-electron chi connectivity index (χ2n) is 4.60. The molecule has 1 aliphatic heterocycles. The van der Waals surface area contributed by atoms with Crippen LogP contribution >= 0.6 is 10.8 Å². The molecule has 1 aromatic heterocycles. The molecule has 8 heteroatoms. The standard InChI is InChI=1S/C14H13N3O4S/c18-13(16-10-4-3-7-15-8-10)9-17-14(19)11-5-1-2-6-12(11)22(17,20)21/h1-8,20-21H,9H2,(H,16,18)/p-2. The van der Waals surface area contributed by atoms with Crippen LogP contribution in [0.3, 0.4) is 0 Å². The van der Waals surface area contributed by atoms with Crippen molar-refractivity contribution in [3.8, 4) is 0 Å². The average Bonchev–Trinajstić information content (AvgIpc) is 2.70. The lowest BCUT2D eigenvalue weighted by Gasteiger charge is -2.61. The molecule has 7 nitrogen and oxygen atoms in total.